The van der Waals surface area contributed by atoms with E-state index in [0.717, 1.165) is 12.3 Å². The SMILES string of the molecule is Cc1ncc(CC(=O)O)cc1C(F)(F)F. The van der Waals surface area contributed by atoms with Crippen LogP contribution in [0.5, 0.6) is 0 Å². The lowest BCUT2D eigenvalue weighted by atomic mass is 10.1. The number of hydrogen-bond donors (Lipinski definition) is 1. The van der Waals surface area contributed by atoms with Crippen molar-refractivity contribution in [3.8, 4) is 0 Å². The topological polar surface area (TPSA) is 50.2 Å². The van der Waals surface area contributed by atoms with E-state index in [9.17, 15) is 18.0 Å². The Morgan fingerprint density at radius 3 is 2.60 bits per heavy atom. The van der Waals surface area contributed by atoms with Gasteiger partial charge in [-0.3, -0.25) is 9.78 Å². The number of pyridine rings is 1. The summed E-state index contributed by atoms with van der Waals surface area (Å²) in [5.74, 6) is -1.19. The standard InChI is InChI=1S/C9H8F3NO2/c1-5-7(9(10,11)12)2-6(4-13-5)3-8(14)15/h2,4H,3H2,1H3,(H,14,15). The highest BCUT2D eigenvalue weighted by Gasteiger charge is 2.33. The first kappa shape index (κ1) is 11.5. The van der Waals surface area contributed by atoms with E-state index in [0.29, 0.717) is 0 Å². The van der Waals surface area contributed by atoms with E-state index in [1.165, 1.54) is 6.92 Å². The Bertz CT molecular complexity index is 387. The first-order chi connectivity index (χ1) is 6.80. The Kier molecular flexibility index (Phi) is 2.97. The van der Waals surface area contributed by atoms with Gasteiger partial charge >= 0.3 is 12.1 Å². The molecule has 0 aromatic carbocycles. The summed E-state index contributed by atoms with van der Waals surface area (Å²) in [6.45, 7) is 1.23. The normalized spacial score (nSPS) is 11.5. The number of aromatic nitrogens is 1. The molecule has 1 aromatic rings. The molecule has 0 aliphatic heterocycles. The molecule has 3 nitrogen and oxygen atoms in total. The fraction of sp³-hybridized carbons (Fsp3) is 0.333. The second-order valence-electron chi connectivity index (χ2n) is 3.04. The molecule has 15 heavy (non-hydrogen) atoms. The van der Waals surface area contributed by atoms with Crippen LogP contribution in [0.3, 0.4) is 0 Å². The summed E-state index contributed by atoms with van der Waals surface area (Å²) >= 11 is 0. The molecule has 0 radical (unpaired) electrons. The maximum Gasteiger partial charge on any atom is 0.418 e. The highest BCUT2D eigenvalue weighted by atomic mass is 19.4. The van der Waals surface area contributed by atoms with E-state index >= 15 is 0 Å². The Morgan fingerprint density at radius 1 is 1.53 bits per heavy atom. The van der Waals surface area contributed by atoms with E-state index in [1.54, 1.807) is 0 Å². The van der Waals surface area contributed by atoms with E-state index < -0.39 is 24.1 Å². The minimum absolute atomic E-state index is 0.0421. The third kappa shape index (κ3) is 2.93. The van der Waals surface area contributed by atoms with Crippen molar-refractivity contribution < 1.29 is 23.1 Å². The fourth-order valence-electron chi connectivity index (χ4n) is 1.13. The lowest BCUT2D eigenvalue weighted by Gasteiger charge is -2.10. The molecule has 0 saturated heterocycles. The minimum atomic E-state index is -4.49. The van der Waals surface area contributed by atoms with Gasteiger partial charge in [0.1, 0.15) is 0 Å². The monoisotopic (exact) mass is 219 g/mol. The molecule has 1 aromatic heterocycles. The van der Waals surface area contributed by atoms with Crippen molar-refractivity contribution in [1.82, 2.24) is 4.98 Å². The van der Waals surface area contributed by atoms with Crippen LogP contribution in [0.2, 0.25) is 0 Å². The van der Waals surface area contributed by atoms with Gasteiger partial charge < -0.3 is 5.11 Å². The summed E-state index contributed by atoms with van der Waals surface area (Å²) in [5, 5.41) is 8.42. The lowest BCUT2D eigenvalue weighted by Crippen LogP contribution is -2.11. The number of aliphatic carboxylic acids is 1. The molecule has 6 heteroatoms. The lowest BCUT2D eigenvalue weighted by molar-refractivity contribution is -0.139. The molecule has 82 valence electrons. The molecule has 1 rings (SSSR count). The molecule has 0 amide bonds. The average molecular weight is 219 g/mol. The molecular weight excluding hydrogens is 211 g/mol. The van der Waals surface area contributed by atoms with Crippen LogP contribution >= 0.6 is 0 Å². The molecular formula is C9H8F3NO2. The quantitative estimate of drug-likeness (QED) is 0.827. The van der Waals surface area contributed by atoms with Crippen LogP contribution in [0.1, 0.15) is 16.8 Å². The third-order valence-electron chi connectivity index (χ3n) is 1.80. The number of hydrogen-bond acceptors (Lipinski definition) is 2. The first-order valence-electron chi connectivity index (χ1n) is 4.05. The second kappa shape index (κ2) is 3.88. The molecule has 1 N–H and O–H groups in total. The van der Waals surface area contributed by atoms with Gasteiger partial charge in [0.25, 0.3) is 0 Å². The smallest absolute Gasteiger partial charge is 0.418 e. The number of halogens is 3. The second-order valence-corrected chi connectivity index (χ2v) is 3.04. The summed E-state index contributed by atoms with van der Waals surface area (Å²) in [5.41, 5.74) is -1.00. The zero-order valence-corrected chi connectivity index (χ0v) is 7.80. The van der Waals surface area contributed by atoms with E-state index in [4.69, 9.17) is 5.11 Å². The summed E-state index contributed by atoms with van der Waals surface area (Å²) in [7, 11) is 0. The number of carbonyl (C=O) groups is 1. The van der Waals surface area contributed by atoms with Gasteiger partial charge in [0.15, 0.2) is 0 Å². The van der Waals surface area contributed by atoms with Crippen molar-refractivity contribution in [1.29, 1.82) is 0 Å². The number of carboxylic acid groups (broad SMARTS) is 1. The molecule has 0 spiro atoms. The van der Waals surface area contributed by atoms with Gasteiger partial charge in [-0.1, -0.05) is 0 Å². The number of alkyl halides is 3. The van der Waals surface area contributed by atoms with Crippen molar-refractivity contribution in [3.05, 3.63) is 29.1 Å². The average Bonchev–Trinajstić information content (AvgIpc) is 2.05. The zero-order chi connectivity index (χ0) is 11.6. The van der Waals surface area contributed by atoms with Crippen LogP contribution in [0.4, 0.5) is 13.2 Å². The van der Waals surface area contributed by atoms with Gasteiger partial charge in [0.05, 0.1) is 12.0 Å². The van der Waals surface area contributed by atoms with Crippen LogP contribution in [-0.2, 0) is 17.4 Å². The minimum Gasteiger partial charge on any atom is -0.481 e. The Morgan fingerprint density at radius 2 is 2.13 bits per heavy atom. The Hall–Kier alpha value is -1.59. The van der Waals surface area contributed by atoms with Crippen LogP contribution < -0.4 is 0 Å². The predicted molar refractivity (Wildman–Crippen MR) is 45.3 cm³/mol. The maximum absolute atomic E-state index is 12.4. The van der Waals surface area contributed by atoms with Crippen LogP contribution in [0.15, 0.2) is 12.3 Å². The Balaban J connectivity index is 3.11. The molecule has 1 heterocycles. The van der Waals surface area contributed by atoms with Gasteiger partial charge in [0, 0.05) is 11.9 Å². The number of nitrogens with zero attached hydrogens (tertiary/aromatic N) is 1. The van der Waals surface area contributed by atoms with Gasteiger partial charge in [-0.15, -0.1) is 0 Å². The van der Waals surface area contributed by atoms with Crippen LogP contribution in [-0.4, -0.2) is 16.1 Å². The van der Waals surface area contributed by atoms with Crippen LogP contribution in [0.25, 0.3) is 0 Å². The summed E-state index contributed by atoms with van der Waals surface area (Å²) in [6, 6.07) is 0.816. The van der Waals surface area contributed by atoms with Gasteiger partial charge in [-0.2, -0.15) is 13.2 Å². The van der Waals surface area contributed by atoms with Crippen molar-refractivity contribution in [2.24, 2.45) is 0 Å². The molecule has 0 aliphatic carbocycles. The van der Waals surface area contributed by atoms with Crippen molar-refractivity contribution in [2.45, 2.75) is 19.5 Å². The van der Waals surface area contributed by atoms with Crippen molar-refractivity contribution >= 4 is 5.97 Å². The largest absolute Gasteiger partial charge is 0.481 e. The van der Waals surface area contributed by atoms with Gasteiger partial charge in [0.2, 0.25) is 0 Å². The van der Waals surface area contributed by atoms with Crippen molar-refractivity contribution in [3.63, 3.8) is 0 Å². The van der Waals surface area contributed by atoms with Crippen molar-refractivity contribution in [2.75, 3.05) is 0 Å². The van der Waals surface area contributed by atoms with Gasteiger partial charge in [-0.05, 0) is 18.6 Å². The van der Waals surface area contributed by atoms with Crippen LogP contribution in [0, 0.1) is 6.92 Å². The summed E-state index contributed by atoms with van der Waals surface area (Å²) in [4.78, 5) is 13.8. The molecule has 0 bridgehead atoms. The highest BCUT2D eigenvalue weighted by Crippen LogP contribution is 2.31. The molecule has 0 aliphatic rings. The predicted octanol–water partition coefficient (Wildman–Crippen LogP) is 2.04. The number of carboxylic acids is 1. The summed E-state index contributed by atoms with van der Waals surface area (Å²) < 4.78 is 37.1. The van der Waals surface area contributed by atoms with E-state index in [-0.39, 0.29) is 11.3 Å². The van der Waals surface area contributed by atoms with E-state index in [2.05, 4.69) is 4.98 Å². The summed E-state index contributed by atoms with van der Waals surface area (Å²) in [6.07, 6.45) is -3.82. The molecule has 0 fully saturated rings. The molecule has 0 saturated carbocycles. The maximum atomic E-state index is 12.4. The number of rotatable bonds is 2. The molecule has 0 atom stereocenters. The molecule has 0 unspecified atom stereocenters. The fourth-order valence-corrected chi connectivity index (χ4v) is 1.13. The van der Waals surface area contributed by atoms with Gasteiger partial charge in [-0.25, -0.2) is 0 Å². The number of aryl methyl sites for hydroxylation is 1. The third-order valence-corrected chi connectivity index (χ3v) is 1.80. The first-order valence-corrected chi connectivity index (χ1v) is 4.05. The zero-order valence-electron chi connectivity index (χ0n) is 7.80. The Labute approximate surface area is 83.6 Å². The van der Waals surface area contributed by atoms with E-state index in [1.807, 2.05) is 0 Å². The highest BCUT2D eigenvalue weighted by molar-refractivity contribution is 5.70.